The Hall–Kier alpha value is -2.83. The molecule has 7 heteroatoms. The van der Waals surface area contributed by atoms with Crippen LogP contribution in [0.5, 0.6) is 0 Å². The van der Waals surface area contributed by atoms with Gasteiger partial charge in [-0.05, 0) is 60.2 Å². The zero-order valence-corrected chi connectivity index (χ0v) is 18.2. The number of carbonyl (C=O) groups excluding carboxylic acids is 2. The molecule has 0 bridgehead atoms. The van der Waals surface area contributed by atoms with Crippen LogP contribution in [-0.2, 0) is 6.54 Å². The van der Waals surface area contributed by atoms with Gasteiger partial charge in [0.1, 0.15) is 0 Å². The predicted molar refractivity (Wildman–Crippen MR) is 123 cm³/mol. The molecule has 0 unspecified atom stereocenters. The van der Waals surface area contributed by atoms with Crippen molar-refractivity contribution < 1.29 is 9.59 Å². The number of hydrogen-bond acceptors (Lipinski definition) is 3. The fourth-order valence-electron chi connectivity index (χ4n) is 3.54. The maximum Gasteiger partial charge on any atom is 0.324 e. The smallest absolute Gasteiger partial charge is 0.320 e. The van der Waals surface area contributed by atoms with Gasteiger partial charge in [-0.1, -0.05) is 35.9 Å². The van der Waals surface area contributed by atoms with E-state index in [0.717, 1.165) is 23.2 Å². The van der Waals surface area contributed by atoms with E-state index in [0.29, 0.717) is 35.2 Å². The number of nitrogens with one attached hydrogen (secondary N) is 1. The lowest BCUT2D eigenvalue weighted by atomic mass is 10.1. The van der Waals surface area contributed by atoms with Crippen LogP contribution in [0.4, 0.5) is 16.2 Å². The molecular formula is C23H22ClN3O2S. The van der Waals surface area contributed by atoms with Gasteiger partial charge < -0.3 is 10.2 Å². The summed E-state index contributed by atoms with van der Waals surface area (Å²) in [4.78, 5) is 30.1. The van der Waals surface area contributed by atoms with Gasteiger partial charge in [0.15, 0.2) is 0 Å². The third-order valence-electron chi connectivity index (χ3n) is 5.03. The molecule has 0 spiro atoms. The molecule has 30 heavy (non-hydrogen) atoms. The number of anilines is 2. The van der Waals surface area contributed by atoms with Crippen molar-refractivity contribution in [1.29, 1.82) is 0 Å². The molecule has 1 fully saturated rings. The standard InChI is InChI=1S/C23H22ClN3O2S/c1-16-5-10-20(19(14-16)25-22(28)21-4-2-13-30-21)27-12-3-11-26(23(27)29)15-17-6-8-18(24)9-7-17/h2,4-10,13-14H,3,11-12,15H2,1H3,(H,25,28). The van der Waals surface area contributed by atoms with Gasteiger partial charge in [-0.2, -0.15) is 0 Å². The van der Waals surface area contributed by atoms with E-state index >= 15 is 0 Å². The van der Waals surface area contributed by atoms with Gasteiger partial charge in [0.05, 0.1) is 16.3 Å². The summed E-state index contributed by atoms with van der Waals surface area (Å²) in [5.41, 5.74) is 3.42. The Labute approximate surface area is 184 Å². The molecule has 2 heterocycles. The quantitative estimate of drug-likeness (QED) is 0.546. The minimum absolute atomic E-state index is 0.0633. The predicted octanol–water partition coefficient (Wildman–Crippen LogP) is 5.79. The molecule has 1 aliphatic heterocycles. The van der Waals surface area contributed by atoms with Gasteiger partial charge >= 0.3 is 6.03 Å². The third-order valence-corrected chi connectivity index (χ3v) is 6.15. The van der Waals surface area contributed by atoms with Crippen molar-refractivity contribution in [2.75, 3.05) is 23.3 Å². The van der Waals surface area contributed by atoms with E-state index in [1.54, 1.807) is 11.0 Å². The molecule has 2 aromatic carbocycles. The van der Waals surface area contributed by atoms with Crippen molar-refractivity contribution in [3.63, 3.8) is 0 Å². The summed E-state index contributed by atoms with van der Waals surface area (Å²) < 4.78 is 0. The Bertz CT molecular complexity index is 1050. The second kappa shape index (κ2) is 8.90. The zero-order chi connectivity index (χ0) is 21.1. The first-order valence-electron chi connectivity index (χ1n) is 9.77. The highest BCUT2D eigenvalue weighted by Gasteiger charge is 2.28. The molecule has 1 aliphatic rings. The average Bonchev–Trinajstić information content (AvgIpc) is 3.27. The van der Waals surface area contributed by atoms with Crippen LogP contribution in [0.3, 0.4) is 0 Å². The summed E-state index contributed by atoms with van der Waals surface area (Å²) in [5.74, 6) is -0.167. The van der Waals surface area contributed by atoms with Crippen LogP contribution >= 0.6 is 22.9 Å². The molecule has 3 aromatic rings. The second-order valence-corrected chi connectivity index (χ2v) is 8.67. The highest BCUT2D eigenvalue weighted by molar-refractivity contribution is 7.12. The van der Waals surface area contributed by atoms with Crippen molar-refractivity contribution in [2.45, 2.75) is 19.9 Å². The molecule has 1 N–H and O–H groups in total. The number of nitrogens with zero attached hydrogens (tertiary/aromatic N) is 2. The lowest BCUT2D eigenvalue weighted by Gasteiger charge is -2.36. The minimum Gasteiger partial charge on any atom is -0.320 e. The van der Waals surface area contributed by atoms with Crippen molar-refractivity contribution in [3.8, 4) is 0 Å². The van der Waals surface area contributed by atoms with Crippen molar-refractivity contribution in [1.82, 2.24) is 4.90 Å². The number of thiophene rings is 1. The van der Waals surface area contributed by atoms with Gasteiger partial charge in [-0.15, -0.1) is 11.3 Å². The fraction of sp³-hybridized carbons (Fsp3) is 0.217. The molecule has 1 aromatic heterocycles. The van der Waals surface area contributed by atoms with Crippen LogP contribution in [-0.4, -0.2) is 29.9 Å². The summed E-state index contributed by atoms with van der Waals surface area (Å²) in [6.45, 7) is 3.80. The molecule has 0 radical (unpaired) electrons. The molecule has 4 rings (SSSR count). The van der Waals surface area contributed by atoms with Crippen molar-refractivity contribution >= 4 is 46.3 Å². The number of benzene rings is 2. The number of aryl methyl sites for hydroxylation is 1. The molecule has 3 amide bonds. The van der Waals surface area contributed by atoms with Gasteiger partial charge in [-0.25, -0.2) is 4.79 Å². The highest BCUT2D eigenvalue weighted by Crippen LogP contribution is 2.31. The molecule has 1 saturated heterocycles. The van der Waals surface area contributed by atoms with Gasteiger partial charge in [0, 0.05) is 24.7 Å². The summed E-state index contributed by atoms with van der Waals surface area (Å²) in [6.07, 6.45) is 0.853. The van der Waals surface area contributed by atoms with E-state index in [1.165, 1.54) is 11.3 Å². The first-order valence-corrected chi connectivity index (χ1v) is 11.0. The number of amides is 3. The monoisotopic (exact) mass is 439 g/mol. The largest absolute Gasteiger partial charge is 0.324 e. The maximum absolute atomic E-state index is 13.3. The topological polar surface area (TPSA) is 52.6 Å². The minimum atomic E-state index is -0.167. The number of halogens is 1. The first-order chi connectivity index (χ1) is 14.5. The number of rotatable bonds is 5. The van der Waals surface area contributed by atoms with E-state index < -0.39 is 0 Å². The lowest BCUT2D eigenvalue weighted by Crippen LogP contribution is -2.49. The normalized spacial score (nSPS) is 14.1. The molecule has 0 saturated carbocycles. The molecule has 5 nitrogen and oxygen atoms in total. The summed E-state index contributed by atoms with van der Waals surface area (Å²) in [7, 11) is 0. The first kappa shape index (κ1) is 20.4. The lowest BCUT2D eigenvalue weighted by molar-refractivity contribution is 0.103. The van der Waals surface area contributed by atoms with Gasteiger partial charge in [0.2, 0.25) is 0 Å². The van der Waals surface area contributed by atoms with Crippen LogP contribution in [0.1, 0.15) is 27.2 Å². The van der Waals surface area contributed by atoms with Crippen LogP contribution in [0.15, 0.2) is 60.0 Å². The van der Waals surface area contributed by atoms with Crippen LogP contribution in [0.2, 0.25) is 5.02 Å². The highest BCUT2D eigenvalue weighted by atomic mass is 35.5. The maximum atomic E-state index is 13.3. The van der Waals surface area contributed by atoms with E-state index in [1.807, 2.05) is 65.7 Å². The molecule has 0 aliphatic carbocycles. The molecule has 0 atom stereocenters. The summed E-state index contributed by atoms with van der Waals surface area (Å²) in [6, 6.07) is 16.9. The van der Waals surface area contributed by atoms with Crippen LogP contribution in [0.25, 0.3) is 0 Å². The molecular weight excluding hydrogens is 418 g/mol. The number of hydrogen-bond donors (Lipinski definition) is 1. The van der Waals surface area contributed by atoms with E-state index in [9.17, 15) is 9.59 Å². The Morgan fingerprint density at radius 2 is 1.93 bits per heavy atom. The summed E-state index contributed by atoms with van der Waals surface area (Å²) in [5, 5.41) is 5.53. The number of urea groups is 1. The third kappa shape index (κ3) is 4.50. The Balaban J connectivity index is 1.57. The molecule has 154 valence electrons. The number of carbonyl (C=O) groups is 2. The van der Waals surface area contributed by atoms with E-state index in [2.05, 4.69) is 5.32 Å². The Morgan fingerprint density at radius 1 is 1.13 bits per heavy atom. The van der Waals surface area contributed by atoms with Gasteiger partial charge in [-0.3, -0.25) is 9.69 Å². The average molecular weight is 440 g/mol. The Kier molecular flexibility index (Phi) is 6.06. The van der Waals surface area contributed by atoms with E-state index in [4.69, 9.17) is 11.6 Å². The fourth-order valence-corrected chi connectivity index (χ4v) is 4.28. The SMILES string of the molecule is Cc1ccc(N2CCCN(Cc3ccc(Cl)cc3)C2=O)c(NC(=O)c2cccs2)c1. The van der Waals surface area contributed by atoms with Crippen molar-refractivity contribution in [3.05, 3.63) is 81.0 Å². The van der Waals surface area contributed by atoms with Gasteiger partial charge in [0.25, 0.3) is 5.91 Å². The van der Waals surface area contributed by atoms with Crippen LogP contribution < -0.4 is 10.2 Å². The second-order valence-electron chi connectivity index (χ2n) is 7.29. The van der Waals surface area contributed by atoms with Crippen LogP contribution in [0, 0.1) is 6.92 Å². The van der Waals surface area contributed by atoms with Crippen molar-refractivity contribution in [2.24, 2.45) is 0 Å². The zero-order valence-electron chi connectivity index (χ0n) is 16.6. The summed E-state index contributed by atoms with van der Waals surface area (Å²) >= 11 is 7.36. The Morgan fingerprint density at radius 3 is 2.67 bits per heavy atom. The van der Waals surface area contributed by atoms with E-state index in [-0.39, 0.29) is 11.9 Å².